The van der Waals surface area contributed by atoms with Crippen molar-refractivity contribution < 1.29 is 9.05 Å². The van der Waals surface area contributed by atoms with E-state index in [-0.39, 0.29) is 0 Å². The highest BCUT2D eigenvalue weighted by Crippen LogP contribution is 2.60. The van der Waals surface area contributed by atoms with E-state index >= 15 is 0 Å². The minimum Gasteiger partial charge on any atom is -0.430 e. The fraction of sp³-hybridized carbons (Fsp3) is 0.321. The Morgan fingerprint density at radius 2 is 1.41 bits per heavy atom. The molecule has 0 atom stereocenters. The first-order valence-corrected chi connectivity index (χ1v) is 15.2. The first-order valence-electron chi connectivity index (χ1n) is 11.7. The number of hydrogen-bond acceptors (Lipinski definition) is 5. The normalized spacial score (nSPS) is 13.9. The Bertz CT molecular complexity index is 1260. The lowest BCUT2D eigenvalue weighted by Gasteiger charge is -2.28. The third-order valence-electron chi connectivity index (χ3n) is 6.06. The van der Waals surface area contributed by atoms with Gasteiger partial charge >= 0.3 is 7.58 Å². The Hall–Kier alpha value is -2.07. The Balaban J connectivity index is 1.65. The van der Waals surface area contributed by atoms with Gasteiger partial charge in [0.2, 0.25) is 0 Å². The molecular weight excluding hydrogens is 477 g/mol. The molecule has 0 spiro atoms. The SMILES string of the molecule is Cc1cc2c(c(C(C)C)c1)OP(Sc1nc3ccccc3s1)Oc1c(cc(C)cc1C(C)C)C2. The van der Waals surface area contributed by atoms with Crippen LogP contribution in [0.3, 0.4) is 0 Å². The minimum absolute atomic E-state index is 0.362. The lowest BCUT2D eigenvalue weighted by Crippen LogP contribution is -2.09. The lowest BCUT2D eigenvalue weighted by atomic mass is 9.90. The molecule has 176 valence electrons. The van der Waals surface area contributed by atoms with Crippen LogP contribution in [0.15, 0.2) is 52.9 Å². The number of aromatic nitrogens is 1. The van der Waals surface area contributed by atoms with E-state index in [9.17, 15) is 0 Å². The van der Waals surface area contributed by atoms with E-state index in [1.165, 1.54) is 38.1 Å². The van der Waals surface area contributed by atoms with Gasteiger partial charge in [0.25, 0.3) is 0 Å². The summed E-state index contributed by atoms with van der Waals surface area (Å²) >= 11 is 3.32. The Morgan fingerprint density at radius 3 is 1.94 bits per heavy atom. The van der Waals surface area contributed by atoms with E-state index < -0.39 is 7.58 Å². The molecule has 0 fully saturated rings. The molecule has 0 saturated carbocycles. The van der Waals surface area contributed by atoms with Crippen LogP contribution in [0.1, 0.15) is 72.9 Å². The Morgan fingerprint density at radius 1 is 0.853 bits per heavy atom. The van der Waals surface area contributed by atoms with Gasteiger partial charge in [-0.2, -0.15) is 0 Å². The van der Waals surface area contributed by atoms with Gasteiger partial charge < -0.3 is 9.05 Å². The van der Waals surface area contributed by atoms with E-state index in [4.69, 9.17) is 14.0 Å². The molecule has 1 aromatic heterocycles. The van der Waals surface area contributed by atoms with Crippen LogP contribution in [0, 0.1) is 13.8 Å². The third kappa shape index (κ3) is 4.71. The molecule has 0 saturated heterocycles. The van der Waals surface area contributed by atoms with E-state index in [0.717, 1.165) is 27.8 Å². The highest BCUT2D eigenvalue weighted by Gasteiger charge is 2.30. The maximum atomic E-state index is 6.78. The number of fused-ring (bicyclic) bond motifs is 3. The first-order chi connectivity index (χ1) is 16.3. The van der Waals surface area contributed by atoms with Crippen molar-refractivity contribution in [2.24, 2.45) is 0 Å². The summed E-state index contributed by atoms with van der Waals surface area (Å²) in [6, 6.07) is 17.4. The van der Waals surface area contributed by atoms with Gasteiger partial charge in [0, 0.05) is 17.8 Å². The predicted octanol–water partition coefficient (Wildman–Crippen LogP) is 9.54. The maximum absolute atomic E-state index is 6.78. The van der Waals surface area contributed by atoms with Crippen LogP contribution in [-0.4, -0.2) is 4.98 Å². The number of benzene rings is 3. The molecule has 1 aliphatic rings. The molecule has 5 rings (SSSR count). The van der Waals surface area contributed by atoms with Crippen LogP contribution in [0.25, 0.3) is 10.2 Å². The van der Waals surface area contributed by atoms with Gasteiger partial charge in [-0.15, -0.1) is 11.3 Å². The lowest BCUT2D eigenvalue weighted by molar-refractivity contribution is 0.484. The van der Waals surface area contributed by atoms with Gasteiger partial charge in [0.15, 0.2) is 4.34 Å². The van der Waals surface area contributed by atoms with Crippen molar-refractivity contribution in [1.29, 1.82) is 0 Å². The molecule has 0 radical (unpaired) electrons. The summed E-state index contributed by atoms with van der Waals surface area (Å²) in [5.41, 5.74) is 8.54. The van der Waals surface area contributed by atoms with Crippen LogP contribution in [-0.2, 0) is 6.42 Å². The van der Waals surface area contributed by atoms with E-state index in [0.29, 0.717) is 11.8 Å². The number of thiazole rings is 1. The molecule has 3 nitrogen and oxygen atoms in total. The second-order valence-electron chi connectivity index (χ2n) is 9.62. The smallest absolute Gasteiger partial charge is 0.367 e. The van der Waals surface area contributed by atoms with Crippen LogP contribution in [0.4, 0.5) is 0 Å². The number of para-hydroxylation sites is 1. The average molecular weight is 508 g/mol. The van der Waals surface area contributed by atoms with Gasteiger partial charge in [-0.1, -0.05) is 75.2 Å². The van der Waals surface area contributed by atoms with Crippen molar-refractivity contribution >= 4 is 40.5 Å². The molecule has 0 N–H and O–H groups in total. The predicted molar refractivity (Wildman–Crippen MR) is 147 cm³/mol. The molecule has 6 heteroatoms. The largest absolute Gasteiger partial charge is 0.430 e. The molecule has 0 unspecified atom stereocenters. The topological polar surface area (TPSA) is 31.4 Å². The first kappa shape index (κ1) is 23.7. The highest BCUT2D eigenvalue weighted by molar-refractivity contribution is 8.53. The summed E-state index contributed by atoms with van der Waals surface area (Å²) in [5.74, 6) is 2.69. The van der Waals surface area contributed by atoms with Crippen molar-refractivity contribution in [3.05, 3.63) is 81.9 Å². The molecule has 34 heavy (non-hydrogen) atoms. The van der Waals surface area contributed by atoms with Crippen molar-refractivity contribution in [3.8, 4) is 11.5 Å². The van der Waals surface area contributed by atoms with Gasteiger partial charge in [-0.3, -0.25) is 0 Å². The highest BCUT2D eigenvalue weighted by atomic mass is 32.7. The zero-order chi connectivity index (χ0) is 24.0. The van der Waals surface area contributed by atoms with E-state index in [1.54, 1.807) is 22.7 Å². The molecular formula is C28H30NO2PS2. The van der Waals surface area contributed by atoms with Crippen LogP contribution in [0.2, 0.25) is 0 Å². The van der Waals surface area contributed by atoms with Gasteiger partial charge in [0.05, 0.1) is 10.2 Å². The van der Waals surface area contributed by atoms with Crippen LogP contribution >= 0.6 is 30.3 Å². The standard InChI is InChI=1S/C28H30NO2PS2/c1-16(2)22-13-18(5)11-20-15-21-12-19(6)14-23(17(3)4)27(21)31-32(30-26(20)22)34-28-29-24-9-7-8-10-25(24)33-28/h7-14,16-17H,15H2,1-6H3. The van der Waals surface area contributed by atoms with Gasteiger partial charge in [-0.25, -0.2) is 4.98 Å². The molecule has 2 heterocycles. The van der Waals surface area contributed by atoms with Gasteiger partial charge in [-0.05, 0) is 60.1 Å². The molecule has 3 aromatic carbocycles. The Labute approximate surface area is 211 Å². The van der Waals surface area contributed by atoms with E-state index in [2.05, 4.69) is 84.0 Å². The summed E-state index contributed by atoms with van der Waals surface area (Å²) in [5, 5.41) is 0. The summed E-state index contributed by atoms with van der Waals surface area (Å²) in [6.45, 7) is 13.3. The van der Waals surface area contributed by atoms with Crippen molar-refractivity contribution in [3.63, 3.8) is 0 Å². The third-order valence-corrected chi connectivity index (χ3v) is 10.2. The molecule has 4 aromatic rings. The van der Waals surface area contributed by atoms with E-state index in [1.807, 2.05) is 6.07 Å². The second-order valence-corrected chi connectivity index (χ2v) is 13.7. The maximum Gasteiger partial charge on any atom is 0.367 e. The van der Waals surface area contributed by atoms with Crippen molar-refractivity contribution in [1.82, 2.24) is 4.98 Å². The van der Waals surface area contributed by atoms with Crippen LogP contribution in [0.5, 0.6) is 11.5 Å². The van der Waals surface area contributed by atoms with Crippen molar-refractivity contribution in [2.75, 3.05) is 0 Å². The summed E-state index contributed by atoms with van der Waals surface area (Å²) in [7, 11) is -1.34. The summed E-state index contributed by atoms with van der Waals surface area (Å²) in [4.78, 5) is 4.85. The number of hydrogen-bond donors (Lipinski definition) is 0. The van der Waals surface area contributed by atoms with Crippen LogP contribution < -0.4 is 9.05 Å². The zero-order valence-corrected chi connectivity index (χ0v) is 23.0. The quantitative estimate of drug-likeness (QED) is 0.257. The molecule has 1 aliphatic heterocycles. The molecule has 0 bridgehead atoms. The average Bonchev–Trinajstić information content (AvgIpc) is 3.17. The van der Waals surface area contributed by atoms with Gasteiger partial charge in [0.1, 0.15) is 11.5 Å². The van der Waals surface area contributed by atoms with Crippen molar-refractivity contribution in [2.45, 2.75) is 64.1 Å². The minimum atomic E-state index is -1.34. The Kier molecular flexibility index (Phi) is 6.63. The summed E-state index contributed by atoms with van der Waals surface area (Å²) in [6.07, 6.45) is 0.808. The fourth-order valence-corrected chi connectivity index (χ4v) is 8.76. The number of rotatable bonds is 4. The number of aryl methyl sites for hydroxylation is 2. The zero-order valence-electron chi connectivity index (χ0n) is 20.5. The molecule has 0 amide bonds. The summed E-state index contributed by atoms with van der Waals surface area (Å²) < 4.78 is 15.7. The monoisotopic (exact) mass is 507 g/mol. The fourth-order valence-electron chi connectivity index (χ4n) is 4.46. The molecule has 0 aliphatic carbocycles. The second kappa shape index (κ2) is 9.53. The number of nitrogens with zero attached hydrogens (tertiary/aromatic N) is 1.